The minimum absolute atomic E-state index is 0.0713. The second kappa shape index (κ2) is 5.54. The molecule has 0 saturated heterocycles. The Balaban J connectivity index is 2.76. The summed E-state index contributed by atoms with van der Waals surface area (Å²) >= 11 is 3.16. The van der Waals surface area contributed by atoms with Gasteiger partial charge in [0.05, 0.1) is 0 Å². The summed E-state index contributed by atoms with van der Waals surface area (Å²) in [5.74, 6) is 0.171. The number of nitrogens with two attached hydrogens (primary N) is 1. The first-order chi connectivity index (χ1) is 7.43. The van der Waals surface area contributed by atoms with Gasteiger partial charge in [-0.3, -0.25) is 0 Å². The molecule has 1 aromatic rings. The van der Waals surface area contributed by atoms with Gasteiger partial charge in [0, 0.05) is 10.9 Å². The van der Waals surface area contributed by atoms with Gasteiger partial charge in [0.15, 0.2) is 6.10 Å². The van der Waals surface area contributed by atoms with Crippen LogP contribution in [0.2, 0.25) is 0 Å². The van der Waals surface area contributed by atoms with E-state index < -0.39 is 12.3 Å². The molecule has 0 heterocycles. The Morgan fingerprint density at radius 2 is 2.06 bits per heavy atom. The summed E-state index contributed by atoms with van der Waals surface area (Å²) in [5.41, 5.74) is 5.12. The Kier molecular flexibility index (Phi) is 4.61. The van der Waals surface area contributed by atoms with E-state index in [1.807, 2.05) is 0 Å². The molecule has 1 aromatic carbocycles. The smallest absolute Gasteiger partial charge is 0.425 e. The summed E-state index contributed by atoms with van der Waals surface area (Å²) in [6, 6.07) is 6.27. The number of ether oxygens (including phenoxy) is 1. The monoisotopic (exact) mass is 297 g/mol. The molecule has 0 spiro atoms. The predicted molar refractivity (Wildman–Crippen MR) is 58.3 cm³/mol. The SMILES string of the molecule is NCCC(Oc1cccc(Br)c1)C(F)(F)F. The highest BCUT2D eigenvalue weighted by molar-refractivity contribution is 9.10. The van der Waals surface area contributed by atoms with Gasteiger partial charge in [0.25, 0.3) is 0 Å². The number of benzene rings is 1. The molecule has 0 aliphatic carbocycles. The second-order valence-electron chi connectivity index (χ2n) is 3.18. The molecule has 90 valence electrons. The number of rotatable bonds is 4. The fourth-order valence-electron chi connectivity index (χ4n) is 1.15. The molecule has 0 aromatic heterocycles. The molecule has 0 radical (unpaired) electrons. The maximum atomic E-state index is 12.5. The molecule has 0 fully saturated rings. The molecular formula is C10H11BrF3NO. The fourth-order valence-corrected chi connectivity index (χ4v) is 1.52. The van der Waals surface area contributed by atoms with E-state index in [4.69, 9.17) is 10.5 Å². The quantitative estimate of drug-likeness (QED) is 0.927. The maximum Gasteiger partial charge on any atom is 0.425 e. The summed E-state index contributed by atoms with van der Waals surface area (Å²) in [5, 5.41) is 0. The minimum Gasteiger partial charge on any atom is -0.481 e. The standard InChI is InChI=1S/C10H11BrF3NO/c11-7-2-1-3-8(6-7)16-9(4-5-15)10(12,13)14/h1-3,6,9H,4-5,15H2. The fraction of sp³-hybridized carbons (Fsp3) is 0.400. The molecule has 0 saturated carbocycles. The van der Waals surface area contributed by atoms with Crippen LogP contribution in [0.15, 0.2) is 28.7 Å². The molecule has 1 rings (SSSR count). The van der Waals surface area contributed by atoms with Crippen LogP contribution in [-0.2, 0) is 0 Å². The molecule has 0 aliphatic rings. The van der Waals surface area contributed by atoms with Gasteiger partial charge in [-0.2, -0.15) is 13.2 Å². The molecule has 6 heteroatoms. The first-order valence-electron chi connectivity index (χ1n) is 4.62. The zero-order chi connectivity index (χ0) is 12.2. The van der Waals surface area contributed by atoms with E-state index in [1.165, 1.54) is 12.1 Å². The Bertz CT molecular complexity index is 343. The average molecular weight is 298 g/mol. The summed E-state index contributed by atoms with van der Waals surface area (Å²) < 4.78 is 43.0. The lowest BCUT2D eigenvalue weighted by molar-refractivity contribution is -0.196. The highest BCUT2D eigenvalue weighted by atomic mass is 79.9. The van der Waals surface area contributed by atoms with Crippen molar-refractivity contribution in [2.24, 2.45) is 5.73 Å². The predicted octanol–water partition coefficient (Wildman–Crippen LogP) is 3.11. The van der Waals surface area contributed by atoms with Crippen molar-refractivity contribution in [3.05, 3.63) is 28.7 Å². The Morgan fingerprint density at radius 1 is 1.38 bits per heavy atom. The Labute approximate surface area is 99.7 Å². The van der Waals surface area contributed by atoms with Crippen molar-refractivity contribution in [3.63, 3.8) is 0 Å². The van der Waals surface area contributed by atoms with E-state index >= 15 is 0 Å². The molecule has 16 heavy (non-hydrogen) atoms. The van der Waals surface area contributed by atoms with Crippen molar-refractivity contribution < 1.29 is 17.9 Å². The van der Waals surface area contributed by atoms with Crippen molar-refractivity contribution in [1.82, 2.24) is 0 Å². The molecule has 2 N–H and O–H groups in total. The molecule has 0 aliphatic heterocycles. The lowest BCUT2D eigenvalue weighted by Gasteiger charge is -2.21. The lowest BCUT2D eigenvalue weighted by Crippen LogP contribution is -2.36. The Morgan fingerprint density at radius 3 is 2.56 bits per heavy atom. The second-order valence-corrected chi connectivity index (χ2v) is 4.10. The summed E-state index contributed by atoms with van der Waals surface area (Å²) in [6.45, 7) is -0.0713. The van der Waals surface area contributed by atoms with E-state index in [0.29, 0.717) is 4.47 Å². The topological polar surface area (TPSA) is 35.2 Å². The van der Waals surface area contributed by atoms with Crippen molar-refractivity contribution in [2.45, 2.75) is 18.7 Å². The normalized spacial score (nSPS) is 13.6. The van der Waals surface area contributed by atoms with Crippen LogP contribution in [0.3, 0.4) is 0 Å². The maximum absolute atomic E-state index is 12.5. The van der Waals surface area contributed by atoms with Crippen molar-refractivity contribution >= 4 is 15.9 Å². The third-order valence-electron chi connectivity index (χ3n) is 1.87. The van der Waals surface area contributed by atoms with Crippen LogP contribution >= 0.6 is 15.9 Å². The first kappa shape index (κ1) is 13.3. The molecule has 1 atom stereocenters. The van der Waals surface area contributed by atoms with Gasteiger partial charge in [-0.05, 0) is 24.7 Å². The third kappa shape index (κ3) is 4.02. The van der Waals surface area contributed by atoms with Crippen LogP contribution < -0.4 is 10.5 Å². The van der Waals surface area contributed by atoms with Gasteiger partial charge in [0.1, 0.15) is 5.75 Å². The van der Waals surface area contributed by atoms with Crippen LogP contribution in [-0.4, -0.2) is 18.8 Å². The summed E-state index contributed by atoms with van der Waals surface area (Å²) in [6.07, 6.45) is -6.51. The van der Waals surface area contributed by atoms with Crippen LogP contribution in [0.4, 0.5) is 13.2 Å². The van der Waals surface area contributed by atoms with E-state index in [-0.39, 0.29) is 18.7 Å². The van der Waals surface area contributed by atoms with Gasteiger partial charge >= 0.3 is 6.18 Å². The molecule has 0 amide bonds. The van der Waals surface area contributed by atoms with Crippen LogP contribution in [0.5, 0.6) is 5.75 Å². The summed E-state index contributed by atoms with van der Waals surface area (Å²) in [4.78, 5) is 0. The van der Waals surface area contributed by atoms with Gasteiger partial charge in [-0.1, -0.05) is 22.0 Å². The van der Waals surface area contributed by atoms with E-state index in [0.717, 1.165) is 0 Å². The van der Waals surface area contributed by atoms with Gasteiger partial charge in [0.2, 0.25) is 0 Å². The van der Waals surface area contributed by atoms with Gasteiger partial charge < -0.3 is 10.5 Å². The van der Waals surface area contributed by atoms with Gasteiger partial charge in [-0.25, -0.2) is 0 Å². The molecule has 1 unspecified atom stereocenters. The van der Waals surface area contributed by atoms with Crippen molar-refractivity contribution in [3.8, 4) is 5.75 Å². The third-order valence-corrected chi connectivity index (χ3v) is 2.36. The van der Waals surface area contributed by atoms with Gasteiger partial charge in [-0.15, -0.1) is 0 Å². The average Bonchev–Trinajstić information content (AvgIpc) is 2.16. The molecule has 2 nitrogen and oxygen atoms in total. The van der Waals surface area contributed by atoms with E-state index in [1.54, 1.807) is 12.1 Å². The Hall–Kier alpha value is -0.750. The minimum atomic E-state index is -4.40. The number of hydrogen-bond acceptors (Lipinski definition) is 2. The van der Waals surface area contributed by atoms with Crippen molar-refractivity contribution in [1.29, 1.82) is 0 Å². The zero-order valence-corrected chi connectivity index (χ0v) is 9.88. The molecular weight excluding hydrogens is 287 g/mol. The number of halogens is 4. The van der Waals surface area contributed by atoms with E-state index in [2.05, 4.69) is 15.9 Å². The number of hydrogen-bond donors (Lipinski definition) is 1. The number of alkyl halides is 3. The summed E-state index contributed by atoms with van der Waals surface area (Å²) in [7, 11) is 0. The van der Waals surface area contributed by atoms with Crippen molar-refractivity contribution in [2.75, 3.05) is 6.54 Å². The highest BCUT2D eigenvalue weighted by Gasteiger charge is 2.41. The largest absolute Gasteiger partial charge is 0.481 e. The van der Waals surface area contributed by atoms with Crippen LogP contribution in [0.1, 0.15) is 6.42 Å². The highest BCUT2D eigenvalue weighted by Crippen LogP contribution is 2.28. The van der Waals surface area contributed by atoms with E-state index in [9.17, 15) is 13.2 Å². The van der Waals surface area contributed by atoms with Crippen LogP contribution in [0, 0.1) is 0 Å². The lowest BCUT2D eigenvalue weighted by atomic mass is 10.2. The zero-order valence-electron chi connectivity index (χ0n) is 8.30. The van der Waals surface area contributed by atoms with Crippen LogP contribution in [0.25, 0.3) is 0 Å². The first-order valence-corrected chi connectivity index (χ1v) is 5.42. The molecule has 0 bridgehead atoms.